The van der Waals surface area contributed by atoms with Crippen LogP contribution in [0.3, 0.4) is 0 Å². The second kappa shape index (κ2) is 5.48. The molecule has 4 amide bonds. The highest BCUT2D eigenvalue weighted by Gasteiger charge is 2.35. The number of piperazine rings is 1. The van der Waals surface area contributed by atoms with E-state index in [1.807, 2.05) is 0 Å². The molecule has 1 atom stereocenters. The molecule has 0 bridgehead atoms. The van der Waals surface area contributed by atoms with Gasteiger partial charge in [0.15, 0.2) is 0 Å². The van der Waals surface area contributed by atoms with Crippen LogP contribution in [-0.2, 0) is 14.4 Å². The summed E-state index contributed by atoms with van der Waals surface area (Å²) in [7, 11) is 0. The summed E-state index contributed by atoms with van der Waals surface area (Å²) in [5.41, 5.74) is 0. The van der Waals surface area contributed by atoms with E-state index in [0.717, 1.165) is 9.80 Å². The van der Waals surface area contributed by atoms with E-state index in [-0.39, 0.29) is 13.1 Å². The Morgan fingerprint density at radius 1 is 1.50 bits per heavy atom. The molecule has 0 aliphatic carbocycles. The Hall–Kier alpha value is -2.12. The van der Waals surface area contributed by atoms with Crippen molar-refractivity contribution < 1.29 is 24.3 Å². The van der Waals surface area contributed by atoms with E-state index in [1.165, 1.54) is 6.92 Å². The molecular formula is C10H15N3O5. The topological polar surface area (TPSA) is 107 Å². The van der Waals surface area contributed by atoms with Crippen LogP contribution in [0.1, 0.15) is 13.8 Å². The van der Waals surface area contributed by atoms with E-state index >= 15 is 0 Å². The summed E-state index contributed by atoms with van der Waals surface area (Å²) in [4.78, 5) is 47.4. The van der Waals surface area contributed by atoms with Gasteiger partial charge in [-0.05, 0) is 13.8 Å². The van der Waals surface area contributed by atoms with Gasteiger partial charge >= 0.3 is 12.0 Å². The van der Waals surface area contributed by atoms with Crippen LogP contribution >= 0.6 is 0 Å². The smallest absolute Gasteiger partial charge is 0.323 e. The minimum Gasteiger partial charge on any atom is -0.480 e. The number of imide groups is 1. The first-order valence-corrected chi connectivity index (χ1v) is 5.47. The molecular weight excluding hydrogens is 242 g/mol. The molecule has 1 heterocycles. The monoisotopic (exact) mass is 257 g/mol. The zero-order valence-corrected chi connectivity index (χ0v) is 10.2. The van der Waals surface area contributed by atoms with Crippen LogP contribution in [0.25, 0.3) is 0 Å². The number of carboxylic acids is 1. The molecule has 0 spiro atoms. The van der Waals surface area contributed by atoms with E-state index in [2.05, 4.69) is 5.32 Å². The molecule has 1 rings (SSSR count). The van der Waals surface area contributed by atoms with Crippen LogP contribution in [-0.4, -0.2) is 64.4 Å². The number of amides is 4. The van der Waals surface area contributed by atoms with Crippen molar-refractivity contribution in [1.29, 1.82) is 0 Å². The summed E-state index contributed by atoms with van der Waals surface area (Å²) in [6.45, 7) is 2.58. The second-order valence-corrected chi connectivity index (χ2v) is 3.91. The SMILES string of the molecule is CCN(CC(=O)O)C(=O)N1CC(=O)NC(=O)C1C. The Balaban J connectivity index is 2.83. The molecule has 1 fully saturated rings. The Bertz CT molecular complexity index is 395. The van der Waals surface area contributed by atoms with E-state index < -0.39 is 36.4 Å². The summed E-state index contributed by atoms with van der Waals surface area (Å²) in [6, 6.07) is -1.42. The molecule has 1 saturated heterocycles. The maximum absolute atomic E-state index is 12.0. The number of likely N-dealkylation sites (N-methyl/N-ethyl adjacent to an activating group) is 1. The van der Waals surface area contributed by atoms with Gasteiger partial charge in [0, 0.05) is 6.54 Å². The van der Waals surface area contributed by atoms with Crippen molar-refractivity contribution in [2.24, 2.45) is 0 Å². The van der Waals surface area contributed by atoms with Gasteiger partial charge in [0.1, 0.15) is 19.1 Å². The Morgan fingerprint density at radius 3 is 2.61 bits per heavy atom. The highest BCUT2D eigenvalue weighted by Crippen LogP contribution is 2.08. The molecule has 18 heavy (non-hydrogen) atoms. The molecule has 1 unspecified atom stereocenters. The van der Waals surface area contributed by atoms with Crippen molar-refractivity contribution in [1.82, 2.24) is 15.1 Å². The number of hydrogen-bond acceptors (Lipinski definition) is 4. The van der Waals surface area contributed by atoms with Gasteiger partial charge in [-0.25, -0.2) is 4.79 Å². The first-order valence-electron chi connectivity index (χ1n) is 5.47. The van der Waals surface area contributed by atoms with Gasteiger partial charge in [-0.1, -0.05) is 0 Å². The molecule has 8 heteroatoms. The third-order valence-electron chi connectivity index (χ3n) is 2.65. The summed E-state index contributed by atoms with van der Waals surface area (Å²) in [5.74, 6) is -2.28. The molecule has 0 radical (unpaired) electrons. The normalized spacial score (nSPS) is 19.4. The molecule has 2 N–H and O–H groups in total. The van der Waals surface area contributed by atoms with Crippen LogP contribution in [0.2, 0.25) is 0 Å². The van der Waals surface area contributed by atoms with E-state index in [0.29, 0.717) is 0 Å². The number of carbonyl (C=O) groups is 4. The second-order valence-electron chi connectivity index (χ2n) is 3.91. The molecule has 0 saturated carbocycles. The van der Waals surface area contributed by atoms with Crippen LogP contribution in [0, 0.1) is 0 Å². The number of nitrogens with one attached hydrogen (secondary N) is 1. The maximum Gasteiger partial charge on any atom is 0.323 e. The minimum atomic E-state index is -1.15. The van der Waals surface area contributed by atoms with E-state index in [9.17, 15) is 19.2 Å². The highest BCUT2D eigenvalue weighted by atomic mass is 16.4. The summed E-state index contributed by atoms with van der Waals surface area (Å²) >= 11 is 0. The first-order chi connectivity index (χ1) is 8.36. The number of aliphatic carboxylic acids is 1. The maximum atomic E-state index is 12.0. The fraction of sp³-hybridized carbons (Fsp3) is 0.600. The molecule has 0 aromatic heterocycles. The lowest BCUT2D eigenvalue weighted by Crippen LogP contribution is -2.61. The van der Waals surface area contributed by atoms with Gasteiger partial charge < -0.3 is 14.9 Å². The number of carboxylic acid groups (broad SMARTS) is 1. The molecule has 8 nitrogen and oxygen atoms in total. The lowest BCUT2D eigenvalue weighted by molar-refractivity contribution is -0.138. The van der Waals surface area contributed by atoms with Crippen LogP contribution < -0.4 is 5.32 Å². The van der Waals surface area contributed by atoms with Crippen molar-refractivity contribution in [3.05, 3.63) is 0 Å². The standard InChI is InChI=1S/C10H15N3O5/c1-3-12(5-8(15)16)10(18)13-4-7(14)11-9(17)6(13)2/h6H,3-5H2,1-2H3,(H,15,16)(H,11,14,17). The van der Waals surface area contributed by atoms with Crippen LogP contribution in [0.5, 0.6) is 0 Å². The number of urea groups is 1. The number of carbonyl (C=O) groups excluding carboxylic acids is 3. The Morgan fingerprint density at radius 2 is 2.11 bits per heavy atom. The van der Waals surface area contributed by atoms with Crippen molar-refractivity contribution in [3.63, 3.8) is 0 Å². The Labute approximate surface area is 104 Å². The van der Waals surface area contributed by atoms with Crippen LogP contribution in [0.15, 0.2) is 0 Å². The average Bonchev–Trinajstić information content (AvgIpc) is 2.29. The third-order valence-corrected chi connectivity index (χ3v) is 2.65. The number of rotatable bonds is 3. The zero-order chi connectivity index (χ0) is 13.9. The molecule has 0 aromatic rings. The predicted octanol–water partition coefficient (Wildman–Crippen LogP) is -1.14. The van der Waals surface area contributed by atoms with E-state index in [4.69, 9.17) is 5.11 Å². The molecule has 1 aliphatic heterocycles. The van der Waals surface area contributed by atoms with Gasteiger partial charge in [0.2, 0.25) is 11.8 Å². The third kappa shape index (κ3) is 2.96. The summed E-state index contributed by atoms with van der Waals surface area (Å²) < 4.78 is 0. The molecule has 100 valence electrons. The highest BCUT2D eigenvalue weighted by molar-refractivity contribution is 6.04. The fourth-order valence-electron chi connectivity index (χ4n) is 1.61. The Kier molecular flexibility index (Phi) is 4.24. The fourth-order valence-corrected chi connectivity index (χ4v) is 1.61. The van der Waals surface area contributed by atoms with Gasteiger partial charge in [0.05, 0.1) is 0 Å². The lowest BCUT2D eigenvalue weighted by atomic mass is 10.2. The van der Waals surface area contributed by atoms with Crippen molar-refractivity contribution in [3.8, 4) is 0 Å². The molecule has 1 aliphatic rings. The summed E-state index contributed by atoms with van der Waals surface area (Å²) in [5, 5.41) is 10.8. The van der Waals surface area contributed by atoms with Gasteiger partial charge in [-0.3, -0.25) is 19.7 Å². The van der Waals surface area contributed by atoms with Gasteiger partial charge in [-0.2, -0.15) is 0 Å². The number of nitrogens with zero attached hydrogens (tertiary/aromatic N) is 2. The summed E-state index contributed by atoms with van der Waals surface area (Å²) in [6.07, 6.45) is 0. The lowest BCUT2D eigenvalue weighted by Gasteiger charge is -2.35. The number of hydrogen-bond donors (Lipinski definition) is 2. The minimum absolute atomic E-state index is 0.185. The first kappa shape index (κ1) is 13.9. The van der Waals surface area contributed by atoms with Crippen molar-refractivity contribution in [2.75, 3.05) is 19.6 Å². The predicted molar refractivity (Wildman–Crippen MR) is 59.6 cm³/mol. The van der Waals surface area contributed by atoms with Crippen molar-refractivity contribution in [2.45, 2.75) is 19.9 Å². The van der Waals surface area contributed by atoms with Gasteiger partial charge in [0.25, 0.3) is 0 Å². The average molecular weight is 257 g/mol. The zero-order valence-electron chi connectivity index (χ0n) is 10.2. The van der Waals surface area contributed by atoms with E-state index in [1.54, 1.807) is 6.92 Å². The van der Waals surface area contributed by atoms with Gasteiger partial charge in [-0.15, -0.1) is 0 Å². The quantitative estimate of drug-likeness (QED) is 0.621. The largest absolute Gasteiger partial charge is 0.480 e. The van der Waals surface area contributed by atoms with Crippen LogP contribution in [0.4, 0.5) is 4.79 Å². The van der Waals surface area contributed by atoms with Crippen molar-refractivity contribution >= 4 is 23.8 Å². The molecule has 0 aromatic carbocycles.